The Morgan fingerprint density at radius 2 is 2.05 bits per heavy atom. The Labute approximate surface area is 112 Å². The highest BCUT2D eigenvalue weighted by Crippen LogP contribution is 2.15. The number of carbonyl (C=O) groups excluding carboxylic acids is 1. The first kappa shape index (κ1) is 13.7. The molecule has 0 saturated carbocycles. The highest BCUT2D eigenvalue weighted by atomic mass is 19.1. The van der Waals surface area contributed by atoms with E-state index in [0.29, 0.717) is 12.5 Å². The van der Waals surface area contributed by atoms with Crippen LogP contribution in [0.2, 0.25) is 0 Å². The predicted molar refractivity (Wildman–Crippen MR) is 73.8 cm³/mol. The molecule has 2 atom stereocenters. The van der Waals surface area contributed by atoms with E-state index in [1.807, 2.05) is 0 Å². The molecule has 1 aromatic rings. The van der Waals surface area contributed by atoms with E-state index in [0.717, 1.165) is 18.5 Å². The molecule has 0 bridgehead atoms. The average molecular weight is 262 g/mol. The third-order valence-electron chi connectivity index (χ3n) is 3.29. The monoisotopic (exact) mass is 262 g/mol. The quantitative estimate of drug-likeness (QED) is 0.829. The lowest BCUT2D eigenvalue weighted by atomic mass is 9.96. The van der Waals surface area contributed by atoms with E-state index in [1.54, 1.807) is 23.1 Å². The molecule has 1 amide bonds. The van der Waals surface area contributed by atoms with Gasteiger partial charge in [0.1, 0.15) is 5.82 Å². The molecule has 1 aromatic carbocycles. The fourth-order valence-electron chi connectivity index (χ4n) is 2.43. The Balaban J connectivity index is 1.98. The SMILES string of the molecule is CC1CC(N)CN(C(=O)C=Cc2ccc(F)cc2)C1. The lowest BCUT2D eigenvalue weighted by Crippen LogP contribution is -2.48. The van der Waals surface area contributed by atoms with Gasteiger partial charge in [0, 0.05) is 25.2 Å². The molecule has 4 heteroatoms. The lowest BCUT2D eigenvalue weighted by Gasteiger charge is -2.34. The van der Waals surface area contributed by atoms with E-state index in [1.165, 1.54) is 18.2 Å². The van der Waals surface area contributed by atoms with Gasteiger partial charge >= 0.3 is 0 Å². The number of piperidine rings is 1. The van der Waals surface area contributed by atoms with Crippen molar-refractivity contribution in [2.45, 2.75) is 19.4 Å². The van der Waals surface area contributed by atoms with Gasteiger partial charge in [0.05, 0.1) is 0 Å². The van der Waals surface area contributed by atoms with Gasteiger partial charge in [0.25, 0.3) is 0 Å². The highest BCUT2D eigenvalue weighted by Gasteiger charge is 2.24. The maximum atomic E-state index is 12.7. The maximum absolute atomic E-state index is 12.7. The predicted octanol–water partition coefficient (Wildman–Crippen LogP) is 2.03. The summed E-state index contributed by atoms with van der Waals surface area (Å²) in [5.41, 5.74) is 6.73. The van der Waals surface area contributed by atoms with Gasteiger partial charge in [0.15, 0.2) is 0 Å². The van der Waals surface area contributed by atoms with E-state index in [4.69, 9.17) is 5.73 Å². The molecule has 2 unspecified atom stereocenters. The molecule has 1 fully saturated rings. The van der Waals surface area contributed by atoms with Crippen LogP contribution in [0, 0.1) is 11.7 Å². The van der Waals surface area contributed by atoms with Crippen LogP contribution in [0.4, 0.5) is 4.39 Å². The van der Waals surface area contributed by atoms with Crippen LogP contribution in [-0.2, 0) is 4.79 Å². The summed E-state index contributed by atoms with van der Waals surface area (Å²) in [5, 5.41) is 0. The summed E-state index contributed by atoms with van der Waals surface area (Å²) >= 11 is 0. The first-order valence-electron chi connectivity index (χ1n) is 6.52. The van der Waals surface area contributed by atoms with Crippen molar-refractivity contribution in [2.24, 2.45) is 11.7 Å². The van der Waals surface area contributed by atoms with Gasteiger partial charge in [-0.3, -0.25) is 4.79 Å². The van der Waals surface area contributed by atoms with Gasteiger partial charge in [-0.2, -0.15) is 0 Å². The number of nitrogens with zero attached hydrogens (tertiary/aromatic N) is 1. The maximum Gasteiger partial charge on any atom is 0.246 e. The molecule has 3 nitrogen and oxygen atoms in total. The minimum atomic E-state index is -0.278. The zero-order chi connectivity index (χ0) is 13.8. The fraction of sp³-hybridized carbons (Fsp3) is 0.400. The van der Waals surface area contributed by atoms with Gasteiger partial charge in [-0.1, -0.05) is 19.1 Å². The van der Waals surface area contributed by atoms with Gasteiger partial charge in [-0.15, -0.1) is 0 Å². The summed E-state index contributed by atoms with van der Waals surface area (Å²) in [6.07, 6.45) is 4.19. The van der Waals surface area contributed by atoms with Gasteiger partial charge in [-0.05, 0) is 36.1 Å². The zero-order valence-corrected chi connectivity index (χ0v) is 11.1. The molecule has 102 valence electrons. The molecule has 0 radical (unpaired) electrons. The van der Waals surface area contributed by atoms with E-state index >= 15 is 0 Å². The molecular weight excluding hydrogens is 243 g/mol. The van der Waals surface area contributed by atoms with Crippen molar-refractivity contribution in [3.8, 4) is 0 Å². The van der Waals surface area contributed by atoms with E-state index < -0.39 is 0 Å². The van der Waals surface area contributed by atoms with E-state index in [9.17, 15) is 9.18 Å². The lowest BCUT2D eigenvalue weighted by molar-refractivity contribution is -0.127. The number of hydrogen-bond acceptors (Lipinski definition) is 2. The van der Waals surface area contributed by atoms with Crippen molar-refractivity contribution in [3.63, 3.8) is 0 Å². The summed E-state index contributed by atoms with van der Waals surface area (Å²) in [7, 11) is 0. The minimum absolute atomic E-state index is 0.0358. The van der Waals surface area contributed by atoms with Crippen molar-refractivity contribution in [1.82, 2.24) is 4.90 Å². The van der Waals surface area contributed by atoms with Crippen molar-refractivity contribution < 1.29 is 9.18 Å². The molecule has 1 aliphatic heterocycles. The third-order valence-corrected chi connectivity index (χ3v) is 3.29. The summed E-state index contributed by atoms with van der Waals surface area (Å²) in [6.45, 7) is 3.46. The molecule has 0 spiro atoms. The summed E-state index contributed by atoms with van der Waals surface area (Å²) < 4.78 is 12.7. The molecular formula is C15H19FN2O. The molecule has 1 saturated heterocycles. The standard InChI is InChI=1S/C15H19FN2O/c1-11-8-14(17)10-18(9-11)15(19)7-4-12-2-5-13(16)6-3-12/h2-7,11,14H,8-10,17H2,1H3. The van der Waals surface area contributed by atoms with Crippen LogP contribution < -0.4 is 5.73 Å². The number of likely N-dealkylation sites (tertiary alicyclic amines) is 1. The Kier molecular flexibility index (Phi) is 4.32. The number of rotatable bonds is 2. The van der Waals surface area contributed by atoms with E-state index in [2.05, 4.69) is 6.92 Å². The number of amides is 1. The first-order valence-corrected chi connectivity index (χ1v) is 6.52. The number of carbonyl (C=O) groups is 1. The van der Waals surface area contributed by atoms with Crippen molar-refractivity contribution >= 4 is 12.0 Å². The topological polar surface area (TPSA) is 46.3 Å². The zero-order valence-electron chi connectivity index (χ0n) is 11.1. The van der Waals surface area contributed by atoms with Crippen molar-refractivity contribution in [1.29, 1.82) is 0 Å². The summed E-state index contributed by atoms with van der Waals surface area (Å²) in [5.74, 6) is 0.123. The van der Waals surface area contributed by atoms with Gasteiger partial charge in [0.2, 0.25) is 5.91 Å². The molecule has 19 heavy (non-hydrogen) atoms. The Morgan fingerprint density at radius 1 is 1.37 bits per heavy atom. The van der Waals surface area contributed by atoms with Crippen LogP contribution in [0.3, 0.4) is 0 Å². The van der Waals surface area contributed by atoms with Gasteiger partial charge in [-0.25, -0.2) is 4.39 Å². The van der Waals surface area contributed by atoms with Crippen molar-refractivity contribution in [3.05, 3.63) is 41.7 Å². The highest BCUT2D eigenvalue weighted by molar-refractivity contribution is 5.91. The van der Waals surface area contributed by atoms with Crippen LogP contribution in [-0.4, -0.2) is 29.9 Å². The second kappa shape index (κ2) is 5.97. The number of hydrogen-bond donors (Lipinski definition) is 1. The Hall–Kier alpha value is -1.68. The minimum Gasteiger partial charge on any atom is -0.337 e. The molecule has 0 aromatic heterocycles. The van der Waals surface area contributed by atoms with Crippen LogP contribution in [0.1, 0.15) is 18.9 Å². The Morgan fingerprint density at radius 3 is 2.68 bits per heavy atom. The number of benzene rings is 1. The van der Waals surface area contributed by atoms with Crippen LogP contribution in [0.5, 0.6) is 0 Å². The molecule has 2 rings (SSSR count). The number of halogens is 1. The van der Waals surface area contributed by atoms with Crippen LogP contribution in [0.15, 0.2) is 30.3 Å². The molecule has 1 heterocycles. The van der Waals surface area contributed by atoms with Crippen molar-refractivity contribution in [2.75, 3.05) is 13.1 Å². The first-order chi connectivity index (χ1) is 9.04. The second-order valence-corrected chi connectivity index (χ2v) is 5.23. The fourth-order valence-corrected chi connectivity index (χ4v) is 2.43. The van der Waals surface area contributed by atoms with Gasteiger partial charge < -0.3 is 10.6 Å². The largest absolute Gasteiger partial charge is 0.337 e. The number of nitrogens with two attached hydrogens (primary N) is 1. The van der Waals surface area contributed by atoms with Crippen LogP contribution in [0.25, 0.3) is 6.08 Å². The molecule has 1 aliphatic rings. The molecule has 2 N–H and O–H groups in total. The molecule has 0 aliphatic carbocycles. The van der Waals surface area contributed by atoms with E-state index in [-0.39, 0.29) is 17.8 Å². The summed E-state index contributed by atoms with van der Waals surface area (Å²) in [6, 6.07) is 6.10. The second-order valence-electron chi connectivity index (χ2n) is 5.23. The Bertz CT molecular complexity index is 460. The summed E-state index contributed by atoms with van der Waals surface area (Å²) in [4.78, 5) is 13.8. The normalized spacial score (nSPS) is 23.8. The smallest absolute Gasteiger partial charge is 0.246 e. The van der Waals surface area contributed by atoms with Crippen LogP contribution >= 0.6 is 0 Å². The third kappa shape index (κ3) is 3.89. The average Bonchev–Trinajstić information content (AvgIpc) is 2.36.